The van der Waals surface area contributed by atoms with Crippen molar-refractivity contribution in [3.8, 4) is 17.2 Å². The van der Waals surface area contributed by atoms with Crippen molar-refractivity contribution in [1.82, 2.24) is 4.98 Å². The fourth-order valence-electron chi connectivity index (χ4n) is 2.39. The van der Waals surface area contributed by atoms with Gasteiger partial charge in [-0.2, -0.15) is 5.26 Å². The molecule has 0 aliphatic carbocycles. The molecule has 0 bridgehead atoms. The van der Waals surface area contributed by atoms with Crippen molar-refractivity contribution in [1.29, 1.82) is 5.26 Å². The highest BCUT2D eigenvalue weighted by Gasteiger charge is 2.25. The van der Waals surface area contributed by atoms with Crippen LogP contribution < -0.4 is 5.73 Å². The summed E-state index contributed by atoms with van der Waals surface area (Å²) < 4.78 is 0. The first kappa shape index (κ1) is 19.4. The molecule has 0 fully saturated rings. The van der Waals surface area contributed by atoms with Crippen LogP contribution >= 0.6 is 11.8 Å². The van der Waals surface area contributed by atoms with Gasteiger partial charge in [0, 0.05) is 36.2 Å². The Balaban J connectivity index is 2.86. The number of thioether (sulfide) groups is 1. The highest BCUT2D eigenvalue weighted by molar-refractivity contribution is 7.99. The number of nitrogens with zero attached hydrogens (tertiary/aromatic N) is 4. The average Bonchev–Trinajstić information content (AvgIpc) is 2.61. The number of aliphatic hydroxyl groups is 1. The van der Waals surface area contributed by atoms with Gasteiger partial charge in [0.25, 0.3) is 5.69 Å². The van der Waals surface area contributed by atoms with Crippen LogP contribution in [0.25, 0.3) is 11.1 Å². The highest BCUT2D eigenvalue weighted by Crippen LogP contribution is 2.39. The van der Waals surface area contributed by atoms with Gasteiger partial charge in [-0.3, -0.25) is 15.1 Å². The van der Waals surface area contributed by atoms with Crippen LogP contribution in [-0.4, -0.2) is 40.1 Å². The number of aromatic nitrogens is 1. The van der Waals surface area contributed by atoms with E-state index in [-0.39, 0.29) is 22.6 Å². The Morgan fingerprint density at radius 2 is 2.23 bits per heavy atom. The number of para-hydroxylation sites is 1. The van der Waals surface area contributed by atoms with Crippen molar-refractivity contribution in [2.24, 2.45) is 4.99 Å². The molecular formula is C17H17N5O3S. The maximum absolute atomic E-state index is 11.5. The first-order valence-electron chi connectivity index (χ1n) is 7.61. The second-order valence-electron chi connectivity index (χ2n) is 5.40. The molecule has 0 saturated carbocycles. The van der Waals surface area contributed by atoms with Gasteiger partial charge in [-0.1, -0.05) is 12.1 Å². The van der Waals surface area contributed by atoms with Crippen molar-refractivity contribution in [3.63, 3.8) is 0 Å². The summed E-state index contributed by atoms with van der Waals surface area (Å²) in [6, 6.07) is 8.11. The Kier molecular flexibility index (Phi) is 6.27. The fraction of sp³-hybridized carbons (Fsp3) is 0.235. The van der Waals surface area contributed by atoms with E-state index in [1.54, 1.807) is 32.2 Å². The van der Waals surface area contributed by atoms with Gasteiger partial charge in [-0.15, -0.1) is 11.8 Å². The Bertz CT molecular complexity index is 906. The van der Waals surface area contributed by atoms with Gasteiger partial charge in [0.05, 0.1) is 16.6 Å². The SMILES string of the molecule is CN=Cc1c(SCC(C)O)nc(N)c(C#N)c1-c1ccccc1[N+](=O)[O-]. The number of benzene rings is 1. The van der Waals surface area contributed by atoms with Gasteiger partial charge in [0.1, 0.15) is 22.5 Å². The van der Waals surface area contributed by atoms with E-state index < -0.39 is 11.0 Å². The number of hydrogen-bond donors (Lipinski definition) is 2. The average molecular weight is 371 g/mol. The number of nitrogens with two attached hydrogens (primary N) is 1. The van der Waals surface area contributed by atoms with Crippen molar-refractivity contribution in [2.45, 2.75) is 18.1 Å². The number of nitrogen functional groups attached to an aromatic ring is 1. The number of nitro groups is 1. The van der Waals surface area contributed by atoms with Gasteiger partial charge in [0.15, 0.2) is 0 Å². The zero-order valence-electron chi connectivity index (χ0n) is 14.2. The van der Waals surface area contributed by atoms with Gasteiger partial charge in [-0.05, 0) is 13.0 Å². The maximum atomic E-state index is 11.5. The number of hydrogen-bond acceptors (Lipinski definition) is 8. The lowest BCUT2D eigenvalue weighted by molar-refractivity contribution is -0.384. The maximum Gasteiger partial charge on any atom is 0.277 e. The van der Waals surface area contributed by atoms with E-state index in [4.69, 9.17) is 5.73 Å². The van der Waals surface area contributed by atoms with Gasteiger partial charge in [0.2, 0.25) is 0 Å². The number of nitro benzene ring substituents is 1. The molecule has 134 valence electrons. The highest BCUT2D eigenvalue weighted by atomic mass is 32.2. The van der Waals surface area contributed by atoms with E-state index in [1.165, 1.54) is 24.0 Å². The number of aliphatic imine (C=N–C) groups is 1. The zero-order chi connectivity index (χ0) is 19.3. The zero-order valence-corrected chi connectivity index (χ0v) is 15.0. The first-order valence-corrected chi connectivity index (χ1v) is 8.59. The molecule has 0 spiro atoms. The third kappa shape index (κ3) is 3.99. The molecule has 2 aromatic rings. The minimum Gasteiger partial charge on any atom is -0.393 e. The predicted octanol–water partition coefficient (Wildman–Crippen LogP) is 2.63. The molecule has 2 rings (SSSR count). The normalized spacial score (nSPS) is 12.1. The van der Waals surface area contributed by atoms with Crippen LogP contribution in [0, 0.1) is 21.4 Å². The van der Waals surface area contributed by atoms with Crippen molar-refractivity contribution in [2.75, 3.05) is 18.5 Å². The van der Waals surface area contributed by atoms with E-state index in [0.717, 1.165) is 0 Å². The summed E-state index contributed by atoms with van der Waals surface area (Å²) in [6.45, 7) is 1.64. The summed E-state index contributed by atoms with van der Waals surface area (Å²) in [5, 5.41) is 31.0. The topological polar surface area (TPSA) is 138 Å². The number of rotatable bonds is 6. The van der Waals surface area contributed by atoms with Crippen molar-refractivity contribution >= 4 is 29.5 Å². The van der Waals surface area contributed by atoms with Crippen LogP contribution in [-0.2, 0) is 0 Å². The number of aliphatic hydroxyl groups excluding tert-OH is 1. The predicted molar refractivity (Wildman–Crippen MR) is 101 cm³/mol. The molecule has 0 aliphatic rings. The third-order valence-electron chi connectivity index (χ3n) is 3.43. The van der Waals surface area contributed by atoms with Crippen LogP contribution in [0.1, 0.15) is 18.1 Å². The fourth-order valence-corrected chi connectivity index (χ4v) is 3.26. The molecule has 1 atom stereocenters. The molecular weight excluding hydrogens is 354 g/mol. The molecule has 1 unspecified atom stereocenters. The van der Waals surface area contributed by atoms with Gasteiger partial charge in [-0.25, -0.2) is 4.98 Å². The van der Waals surface area contributed by atoms with Crippen LogP contribution in [0.3, 0.4) is 0 Å². The quantitative estimate of drug-likeness (QED) is 0.344. The standard InChI is InChI=1S/C17H17N5O3S/c1-10(23)9-26-17-13(8-20-2)15(12(7-18)16(19)21-17)11-5-3-4-6-14(11)22(24)25/h3-6,8,10,23H,9H2,1-2H3,(H2,19,21). The second kappa shape index (κ2) is 8.42. The lowest BCUT2D eigenvalue weighted by atomic mass is 9.95. The lowest BCUT2D eigenvalue weighted by Gasteiger charge is -2.15. The van der Waals surface area contributed by atoms with Crippen LogP contribution in [0.4, 0.5) is 11.5 Å². The Labute approximate surface area is 154 Å². The van der Waals surface area contributed by atoms with Crippen LogP contribution in [0.15, 0.2) is 34.3 Å². The molecule has 3 N–H and O–H groups in total. The summed E-state index contributed by atoms with van der Waals surface area (Å²) in [5.41, 5.74) is 6.88. The van der Waals surface area contributed by atoms with E-state index in [0.29, 0.717) is 21.9 Å². The largest absolute Gasteiger partial charge is 0.393 e. The number of anilines is 1. The Hall–Kier alpha value is -2.96. The van der Waals surface area contributed by atoms with E-state index in [9.17, 15) is 20.5 Å². The van der Waals surface area contributed by atoms with Gasteiger partial charge >= 0.3 is 0 Å². The molecule has 0 saturated heterocycles. The molecule has 1 heterocycles. The van der Waals surface area contributed by atoms with Crippen LogP contribution in [0.5, 0.6) is 0 Å². The lowest BCUT2D eigenvalue weighted by Crippen LogP contribution is -2.08. The summed E-state index contributed by atoms with van der Waals surface area (Å²) in [6.07, 6.45) is 0.906. The van der Waals surface area contributed by atoms with E-state index in [1.807, 2.05) is 6.07 Å². The molecule has 0 radical (unpaired) electrons. The molecule has 0 aliphatic heterocycles. The molecule has 8 nitrogen and oxygen atoms in total. The van der Waals surface area contributed by atoms with Crippen LogP contribution in [0.2, 0.25) is 0 Å². The minimum atomic E-state index is -0.584. The smallest absolute Gasteiger partial charge is 0.277 e. The number of nitriles is 1. The van der Waals surface area contributed by atoms with E-state index in [2.05, 4.69) is 9.98 Å². The summed E-state index contributed by atoms with van der Waals surface area (Å²) >= 11 is 1.24. The molecule has 26 heavy (non-hydrogen) atoms. The Morgan fingerprint density at radius 1 is 1.54 bits per heavy atom. The minimum absolute atomic E-state index is 0.0259. The van der Waals surface area contributed by atoms with Gasteiger partial charge < -0.3 is 10.8 Å². The third-order valence-corrected chi connectivity index (χ3v) is 4.66. The first-order chi connectivity index (χ1) is 12.4. The second-order valence-corrected chi connectivity index (χ2v) is 6.41. The number of pyridine rings is 1. The Morgan fingerprint density at radius 3 is 2.81 bits per heavy atom. The molecule has 1 aromatic heterocycles. The van der Waals surface area contributed by atoms with Crippen molar-refractivity contribution < 1.29 is 10.0 Å². The van der Waals surface area contributed by atoms with E-state index >= 15 is 0 Å². The molecule has 1 aromatic carbocycles. The summed E-state index contributed by atoms with van der Waals surface area (Å²) in [4.78, 5) is 19.2. The molecule has 9 heteroatoms. The summed E-state index contributed by atoms with van der Waals surface area (Å²) in [7, 11) is 1.55. The monoisotopic (exact) mass is 371 g/mol. The molecule has 0 amide bonds. The summed E-state index contributed by atoms with van der Waals surface area (Å²) in [5.74, 6) is 0.321. The van der Waals surface area contributed by atoms with Crippen molar-refractivity contribution in [3.05, 3.63) is 45.5 Å².